The van der Waals surface area contributed by atoms with Gasteiger partial charge in [-0.15, -0.1) is 0 Å². The van der Waals surface area contributed by atoms with Crippen molar-refractivity contribution in [3.63, 3.8) is 0 Å². The van der Waals surface area contributed by atoms with E-state index in [0.717, 1.165) is 0 Å². The molecule has 0 fully saturated rings. The van der Waals surface area contributed by atoms with Gasteiger partial charge in [-0.1, -0.05) is 29.3 Å². The molecule has 0 bridgehead atoms. The zero-order valence-corrected chi connectivity index (χ0v) is 8.47. The molecule has 0 saturated carbocycles. The summed E-state index contributed by atoms with van der Waals surface area (Å²) in [6.45, 7) is 0. The van der Waals surface area contributed by atoms with Gasteiger partial charge >= 0.3 is 0 Å². The third kappa shape index (κ3) is 2.26. The van der Waals surface area contributed by atoms with Crippen LogP contribution in [0, 0.1) is 22.7 Å². The van der Waals surface area contributed by atoms with Gasteiger partial charge in [0.25, 0.3) is 0 Å². The molecule has 1 rings (SSSR count). The molecular formula is C10H4Cl2N2. The van der Waals surface area contributed by atoms with Gasteiger partial charge in [-0.3, -0.25) is 0 Å². The highest BCUT2D eigenvalue weighted by molar-refractivity contribution is 6.37. The van der Waals surface area contributed by atoms with E-state index in [2.05, 4.69) is 0 Å². The summed E-state index contributed by atoms with van der Waals surface area (Å²) in [5.41, 5.74) is 0.467. The first-order valence-electron chi connectivity index (χ1n) is 3.65. The van der Waals surface area contributed by atoms with Crippen molar-refractivity contribution in [2.24, 2.45) is 0 Å². The molecule has 0 N–H and O–H groups in total. The maximum atomic E-state index is 8.54. The summed E-state index contributed by atoms with van der Waals surface area (Å²) in [7, 11) is 0. The lowest BCUT2D eigenvalue weighted by molar-refractivity contribution is 1.47. The van der Waals surface area contributed by atoms with Gasteiger partial charge in [0, 0.05) is 15.6 Å². The molecule has 0 aliphatic carbocycles. The molecule has 0 aromatic heterocycles. The molecule has 2 nitrogen and oxygen atoms in total. The van der Waals surface area contributed by atoms with E-state index in [9.17, 15) is 0 Å². The van der Waals surface area contributed by atoms with Crippen molar-refractivity contribution in [2.75, 3.05) is 0 Å². The van der Waals surface area contributed by atoms with Crippen LogP contribution in [0.5, 0.6) is 0 Å². The minimum Gasteiger partial charge on any atom is -0.192 e. The molecule has 4 heteroatoms. The van der Waals surface area contributed by atoms with E-state index in [4.69, 9.17) is 33.7 Å². The van der Waals surface area contributed by atoms with Gasteiger partial charge in [0.1, 0.15) is 17.7 Å². The van der Waals surface area contributed by atoms with Gasteiger partial charge in [-0.05, 0) is 18.2 Å². The number of nitrogens with zero attached hydrogens (tertiary/aromatic N) is 2. The molecule has 0 amide bonds. The van der Waals surface area contributed by atoms with Crippen LogP contribution in [-0.4, -0.2) is 0 Å². The van der Waals surface area contributed by atoms with Crippen molar-refractivity contribution < 1.29 is 0 Å². The minimum absolute atomic E-state index is 0.0278. The average Bonchev–Trinajstić information content (AvgIpc) is 2.18. The maximum absolute atomic E-state index is 8.54. The molecule has 0 aliphatic heterocycles. The largest absolute Gasteiger partial charge is 0.192 e. The van der Waals surface area contributed by atoms with Gasteiger partial charge in [-0.2, -0.15) is 10.5 Å². The van der Waals surface area contributed by atoms with Crippen LogP contribution in [0.2, 0.25) is 10.0 Å². The van der Waals surface area contributed by atoms with Gasteiger partial charge in [0.05, 0.1) is 0 Å². The fraction of sp³-hybridized carbons (Fsp3) is 0. The number of hydrogen-bond donors (Lipinski definition) is 0. The molecule has 0 spiro atoms. The maximum Gasteiger partial charge on any atom is 0.130 e. The minimum atomic E-state index is -0.0278. The zero-order chi connectivity index (χ0) is 10.6. The summed E-state index contributed by atoms with van der Waals surface area (Å²) in [4.78, 5) is 0. The Morgan fingerprint density at radius 1 is 1.14 bits per heavy atom. The molecule has 0 unspecified atom stereocenters. The summed E-state index contributed by atoms with van der Waals surface area (Å²) in [5.74, 6) is 0. The second-order valence-electron chi connectivity index (χ2n) is 2.42. The number of allylic oxidation sites excluding steroid dienone is 1. The molecule has 1 aromatic rings. The Balaban J connectivity index is 3.30. The molecule has 1 aromatic carbocycles. The zero-order valence-electron chi connectivity index (χ0n) is 6.96. The van der Waals surface area contributed by atoms with Gasteiger partial charge < -0.3 is 0 Å². The predicted octanol–water partition coefficient (Wildman–Crippen LogP) is 3.42. The van der Waals surface area contributed by atoms with Crippen molar-refractivity contribution in [3.8, 4) is 12.1 Å². The molecule has 0 atom stereocenters. The monoisotopic (exact) mass is 222 g/mol. The van der Waals surface area contributed by atoms with Crippen LogP contribution in [0.3, 0.4) is 0 Å². The van der Waals surface area contributed by atoms with E-state index in [0.29, 0.717) is 15.6 Å². The smallest absolute Gasteiger partial charge is 0.130 e. The topological polar surface area (TPSA) is 47.6 Å². The van der Waals surface area contributed by atoms with Crippen LogP contribution in [0.15, 0.2) is 23.8 Å². The molecule has 0 saturated heterocycles. The van der Waals surface area contributed by atoms with Crippen molar-refractivity contribution in [1.29, 1.82) is 10.5 Å². The van der Waals surface area contributed by atoms with E-state index in [1.807, 2.05) is 0 Å². The number of halogens is 2. The first-order valence-corrected chi connectivity index (χ1v) is 4.40. The molecule has 0 radical (unpaired) electrons. The standard InChI is InChI=1S/C10H4Cl2N2/c11-9-2-1-3-10(12)8(9)4-7(5-13)6-14/h1-4H. The van der Waals surface area contributed by atoms with E-state index >= 15 is 0 Å². The number of rotatable bonds is 1. The van der Waals surface area contributed by atoms with E-state index < -0.39 is 0 Å². The number of benzene rings is 1. The summed E-state index contributed by atoms with van der Waals surface area (Å²) < 4.78 is 0. The Bertz CT molecular complexity index is 428. The first kappa shape index (κ1) is 10.6. The molecule has 0 heterocycles. The molecule has 0 aliphatic rings. The molecular weight excluding hydrogens is 219 g/mol. The van der Waals surface area contributed by atoms with E-state index in [-0.39, 0.29) is 5.57 Å². The fourth-order valence-electron chi connectivity index (χ4n) is 0.882. The van der Waals surface area contributed by atoms with Crippen molar-refractivity contribution >= 4 is 29.3 Å². The summed E-state index contributed by atoms with van der Waals surface area (Å²) in [6, 6.07) is 8.46. The van der Waals surface area contributed by atoms with Crippen LogP contribution < -0.4 is 0 Å². The summed E-state index contributed by atoms with van der Waals surface area (Å²) >= 11 is 11.7. The van der Waals surface area contributed by atoms with Crippen LogP contribution in [0.25, 0.3) is 6.08 Å². The highest BCUT2D eigenvalue weighted by Gasteiger charge is 2.03. The van der Waals surface area contributed by atoms with E-state index in [1.54, 1.807) is 30.3 Å². The second kappa shape index (κ2) is 4.67. The second-order valence-corrected chi connectivity index (χ2v) is 3.23. The van der Waals surface area contributed by atoms with Crippen LogP contribution >= 0.6 is 23.2 Å². The third-order valence-corrected chi connectivity index (χ3v) is 2.19. The van der Waals surface area contributed by atoms with Crippen LogP contribution in [0.4, 0.5) is 0 Å². The van der Waals surface area contributed by atoms with Crippen LogP contribution in [-0.2, 0) is 0 Å². The normalized spacial score (nSPS) is 8.57. The Labute approximate surface area is 91.6 Å². The molecule has 68 valence electrons. The Kier molecular flexibility index (Phi) is 3.54. The highest BCUT2D eigenvalue weighted by atomic mass is 35.5. The summed E-state index contributed by atoms with van der Waals surface area (Å²) in [5, 5.41) is 17.9. The first-order chi connectivity index (χ1) is 6.69. The number of nitriles is 2. The van der Waals surface area contributed by atoms with Gasteiger partial charge in [0.2, 0.25) is 0 Å². The van der Waals surface area contributed by atoms with Crippen molar-refractivity contribution in [3.05, 3.63) is 39.4 Å². The number of hydrogen-bond acceptors (Lipinski definition) is 2. The van der Waals surface area contributed by atoms with E-state index in [1.165, 1.54) is 6.08 Å². The SMILES string of the molecule is N#CC(C#N)=Cc1c(Cl)cccc1Cl. The quantitative estimate of drug-likeness (QED) is 0.684. The third-order valence-electron chi connectivity index (χ3n) is 1.53. The lowest BCUT2D eigenvalue weighted by Crippen LogP contribution is -1.79. The molecule has 14 heavy (non-hydrogen) atoms. The van der Waals surface area contributed by atoms with Gasteiger partial charge in [-0.25, -0.2) is 0 Å². The van der Waals surface area contributed by atoms with Gasteiger partial charge in [0.15, 0.2) is 0 Å². The lowest BCUT2D eigenvalue weighted by atomic mass is 10.1. The Morgan fingerprint density at radius 2 is 1.64 bits per heavy atom. The lowest BCUT2D eigenvalue weighted by Gasteiger charge is -1.99. The van der Waals surface area contributed by atoms with Crippen molar-refractivity contribution in [1.82, 2.24) is 0 Å². The summed E-state index contributed by atoms with van der Waals surface area (Å²) in [6.07, 6.45) is 1.37. The Hall–Kier alpha value is -1.48. The average molecular weight is 223 g/mol. The highest BCUT2D eigenvalue weighted by Crippen LogP contribution is 2.26. The van der Waals surface area contributed by atoms with Crippen molar-refractivity contribution in [2.45, 2.75) is 0 Å². The fourth-order valence-corrected chi connectivity index (χ4v) is 1.39. The Morgan fingerprint density at radius 3 is 2.07 bits per heavy atom. The van der Waals surface area contributed by atoms with Crippen LogP contribution in [0.1, 0.15) is 5.56 Å². The predicted molar refractivity (Wildman–Crippen MR) is 55.7 cm³/mol.